The smallest absolute Gasteiger partial charge is 0.349 e. The fourth-order valence-corrected chi connectivity index (χ4v) is 3.03. The molecule has 28 heavy (non-hydrogen) atoms. The molecular formula is C18H21N3O7. The van der Waals surface area contributed by atoms with Crippen LogP contribution in [0.2, 0.25) is 0 Å². The highest BCUT2D eigenvalue weighted by Gasteiger charge is 2.19. The maximum atomic E-state index is 12.4. The molecule has 1 aromatic heterocycles. The quantitative estimate of drug-likeness (QED) is 0.323. The van der Waals surface area contributed by atoms with Gasteiger partial charge in [0, 0.05) is 31.1 Å². The van der Waals surface area contributed by atoms with E-state index in [1.165, 1.54) is 19.2 Å². The lowest BCUT2D eigenvalue weighted by Crippen LogP contribution is -2.38. The molecule has 0 radical (unpaired) electrons. The van der Waals surface area contributed by atoms with E-state index in [9.17, 15) is 19.7 Å². The van der Waals surface area contributed by atoms with Gasteiger partial charge in [0.05, 0.1) is 31.3 Å². The zero-order valence-corrected chi connectivity index (χ0v) is 15.4. The summed E-state index contributed by atoms with van der Waals surface area (Å²) in [5.41, 5.74) is -1.20. The summed E-state index contributed by atoms with van der Waals surface area (Å²) < 4.78 is 15.5. The number of nitro groups is 1. The van der Waals surface area contributed by atoms with Crippen LogP contribution in [0.3, 0.4) is 0 Å². The van der Waals surface area contributed by atoms with Gasteiger partial charge in [0.15, 0.2) is 11.3 Å². The Morgan fingerprint density at radius 2 is 2.07 bits per heavy atom. The molecular weight excluding hydrogens is 370 g/mol. The van der Waals surface area contributed by atoms with Crippen molar-refractivity contribution in [1.82, 2.24) is 10.2 Å². The molecule has 150 valence electrons. The summed E-state index contributed by atoms with van der Waals surface area (Å²) >= 11 is 0. The second kappa shape index (κ2) is 8.81. The van der Waals surface area contributed by atoms with Crippen molar-refractivity contribution in [2.45, 2.75) is 6.42 Å². The van der Waals surface area contributed by atoms with Gasteiger partial charge >= 0.3 is 5.63 Å². The number of non-ortho nitro benzene ring substituents is 1. The van der Waals surface area contributed by atoms with Gasteiger partial charge in [-0.25, -0.2) is 4.79 Å². The Balaban J connectivity index is 1.72. The van der Waals surface area contributed by atoms with Gasteiger partial charge < -0.3 is 19.2 Å². The number of morpholine rings is 1. The van der Waals surface area contributed by atoms with E-state index in [1.807, 2.05) is 0 Å². The minimum absolute atomic E-state index is 0.0544. The molecule has 1 saturated heterocycles. The van der Waals surface area contributed by atoms with E-state index in [0.717, 1.165) is 32.1 Å². The molecule has 1 aromatic carbocycles. The van der Waals surface area contributed by atoms with Crippen molar-refractivity contribution in [1.29, 1.82) is 0 Å². The van der Waals surface area contributed by atoms with Crippen molar-refractivity contribution in [3.8, 4) is 5.75 Å². The van der Waals surface area contributed by atoms with Crippen molar-refractivity contribution in [3.63, 3.8) is 0 Å². The van der Waals surface area contributed by atoms with E-state index in [4.69, 9.17) is 13.9 Å². The number of rotatable bonds is 7. The number of nitrogens with zero attached hydrogens (tertiary/aromatic N) is 2. The normalized spacial score (nSPS) is 14.8. The molecule has 0 atom stereocenters. The number of carbonyl (C=O) groups excluding carboxylic acids is 1. The van der Waals surface area contributed by atoms with E-state index in [1.54, 1.807) is 0 Å². The lowest BCUT2D eigenvalue weighted by molar-refractivity contribution is -0.384. The molecule has 3 rings (SSSR count). The van der Waals surface area contributed by atoms with Gasteiger partial charge in [-0.3, -0.25) is 19.8 Å². The number of nitrogens with one attached hydrogen (secondary N) is 1. The van der Waals surface area contributed by atoms with Crippen LogP contribution in [-0.4, -0.2) is 62.2 Å². The van der Waals surface area contributed by atoms with Crippen LogP contribution in [0, 0.1) is 10.1 Å². The predicted octanol–water partition coefficient (Wildman–Crippen LogP) is 1.16. The second-order valence-corrected chi connectivity index (χ2v) is 6.33. The SMILES string of the molecule is COc1cc([N+](=O)[O-])cc2cc(C(=O)NCCCN3CCOCC3)c(=O)oc12. The summed E-state index contributed by atoms with van der Waals surface area (Å²) in [7, 11) is 1.31. The Bertz CT molecular complexity index is 935. The predicted molar refractivity (Wildman–Crippen MR) is 99.9 cm³/mol. The standard InChI is InChI=1S/C18H21N3O7/c1-26-15-11-13(21(24)25)9-12-10-14(18(23)28-16(12)15)17(22)19-3-2-4-20-5-7-27-8-6-20/h9-11H,2-8H2,1H3,(H,19,22). The zero-order chi connectivity index (χ0) is 20.1. The molecule has 1 aliphatic heterocycles. The monoisotopic (exact) mass is 391 g/mol. The Morgan fingerprint density at radius 3 is 2.75 bits per heavy atom. The first kappa shape index (κ1) is 19.8. The van der Waals surface area contributed by atoms with Crippen LogP contribution in [0.15, 0.2) is 27.4 Å². The highest BCUT2D eigenvalue weighted by molar-refractivity contribution is 5.97. The third-order valence-corrected chi connectivity index (χ3v) is 4.50. The fraction of sp³-hybridized carbons (Fsp3) is 0.444. The van der Waals surface area contributed by atoms with E-state index >= 15 is 0 Å². The van der Waals surface area contributed by atoms with Crippen LogP contribution in [0.5, 0.6) is 5.75 Å². The average molecular weight is 391 g/mol. The molecule has 1 N–H and O–H groups in total. The maximum Gasteiger partial charge on any atom is 0.349 e. The van der Waals surface area contributed by atoms with Crippen LogP contribution in [-0.2, 0) is 4.74 Å². The number of hydrogen-bond acceptors (Lipinski definition) is 8. The van der Waals surface area contributed by atoms with Crippen LogP contribution in [0.1, 0.15) is 16.8 Å². The van der Waals surface area contributed by atoms with Crippen molar-refractivity contribution < 1.29 is 23.6 Å². The number of fused-ring (bicyclic) bond motifs is 1. The third-order valence-electron chi connectivity index (χ3n) is 4.50. The molecule has 10 heteroatoms. The van der Waals surface area contributed by atoms with Gasteiger partial charge in [-0.15, -0.1) is 0 Å². The summed E-state index contributed by atoms with van der Waals surface area (Å²) in [6.45, 7) is 4.36. The van der Waals surface area contributed by atoms with Gasteiger partial charge in [-0.05, 0) is 19.0 Å². The first-order valence-corrected chi connectivity index (χ1v) is 8.88. The van der Waals surface area contributed by atoms with Crippen molar-refractivity contribution >= 4 is 22.6 Å². The van der Waals surface area contributed by atoms with Gasteiger partial charge in [0.1, 0.15) is 5.56 Å². The number of methoxy groups -OCH3 is 1. The number of ether oxygens (including phenoxy) is 2. The third kappa shape index (κ3) is 4.46. The first-order valence-electron chi connectivity index (χ1n) is 8.88. The van der Waals surface area contributed by atoms with Gasteiger partial charge in [0.2, 0.25) is 0 Å². The molecule has 0 saturated carbocycles. The summed E-state index contributed by atoms with van der Waals surface area (Å²) in [4.78, 5) is 37.3. The highest BCUT2D eigenvalue weighted by Crippen LogP contribution is 2.30. The Kier molecular flexibility index (Phi) is 6.22. The van der Waals surface area contributed by atoms with E-state index in [-0.39, 0.29) is 28.0 Å². The van der Waals surface area contributed by atoms with E-state index in [2.05, 4.69) is 10.2 Å². The summed E-state index contributed by atoms with van der Waals surface area (Å²) in [5.74, 6) is -0.526. The molecule has 2 aromatic rings. The van der Waals surface area contributed by atoms with Crippen molar-refractivity contribution in [2.24, 2.45) is 0 Å². The minimum Gasteiger partial charge on any atom is -0.493 e. The van der Waals surface area contributed by atoms with Gasteiger partial charge in [-0.2, -0.15) is 0 Å². The summed E-state index contributed by atoms with van der Waals surface area (Å²) in [6, 6.07) is 3.68. The molecule has 0 unspecified atom stereocenters. The molecule has 1 fully saturated rings. The van der Waals surface area contributed by atoms with Crippen molar-refractivity contribution in [3.05, 3.63) is 44.3 Å². The van der Waals surface area contributed by atoms with Crippen molar-refractivity contribution in [2.75, 3.05) is 46.5 Å². The number of nitro benzene ring substituents is 1. The molecule has 0 spiro atoms. The topological polar surface area (TPSA) is 124 Å². The number of benzene rings is 1. The number of carbonyl (C=O) groups is 1. The van der Waals surface area contributed by atoms with Crippen LogP contribution in [0.25, 0.3) is 11.0 Å². The van der Waals surface area contributed by atoms with E-state index in [0.29, 0.717) is 19.8 Å². The van der Waals surface area contributed by atoms with Crippen LogP contribution >= 0.6 is 0 Å². The number of amides is 1. The van der Waals surface area contributed by atoms with Gasteiger partial charge in [0.25, 0.3) is 11.6 Å². The summed E-state index contributed by atoms with van der Waals surface area (Å²) in [6.07, 6.45) is 0.726. The largest absolute Gasteiger partial charge is 0.493 e. The highest BCUT2D eigenvalue weighted by atomic mass is 16.6. The molecule has 10 nitrogen and oxygen atoms in total. The van der Waals surface area contributed by atoms with Gasteiger partial charge in [-0.1, -0.05) is 0 Å². The summed E-state index contributed by atoms with van der Waals surface area (Å²) in [5, 5.41) is 14.0. The first-order chi connectivity index (χ1) is 13.5. The van der Waals surface area contributed by atoms with Crippen LogP contribution in [0.4, 0.5) is 5.69 Å². The lowest BCUT2D eigenvalue weighted by Gasteiger charge is -2.26. The molecule has 0 aliphatic carbocycles. The van der Waals surface area contributed by atoms with E-state index < -0.39 is 16.5 Å². The Labute approximate surface area is 160 Å². The molecule has 2 heterocycles. The maximum absolute atomic E-state index is 12.4. The molecule has 1 amide bonds. The second-order valence-electron chi connectivity index (χ2n) is 6.33. The fourth-order valence-electron chi connectivity index (χ4n) is 3.03. The molecule has 1 aliphatic rings. The Morgan fingerprint density at radius 1 is 1.32 bits per heavy atom. The molecule has 0 bridgehead atoms. The number of hydrogen-bond donors (Lipinski definition) is 1. The average Bonchev–Trinajstić information content (AvgIpc) is 2.70. The lowest BCUT2D eigenvalue weighted by atomic mass is 10.1. The van der Waals surface area contributed by atoms with Crippen LogP contribution < -0.4 is 15.7 Å². The Hall–Kier alpha value is -2.98. The zero-order valence-electron chi connectivity index (χ0n) is 15.4. The minimum atomic E-state index is -0.828.